The Morgan fingerprint density at radius 1 is 1.35 bits per heavy atom. The van der Waals surface area contributed by atoms with E-state index < -0.39 is 0 Å². The Morgan fingerprint density at radius 2 is 2.12 bits per heavy atom. The number of hydrazine groups is 1. The number of carbonyl (C=O) groups excluding carboxylic acids is 1. The number of aromatic nitrogens is 1. The minimum atomic E-state index is -0.306. The van der Waals surface area contributed by atoms with Crippen LogP contribution >= 0.6 is 23.8 Å². The Kier molecular flexibility index (Phi) is 3.50. The molecule has 0 aliphatic heterocycles. The molecule has 0 radical (unpaired) electrons. The lowest BCUT2D eigenvalue weighted by atomic mass is 10.2. The number of thiocarbonyl (C=S) groups is 1. The van der Waals surface area contributed by atoms with Crippen LogP contribution in [-0.2, 0) is 0 Å². The number of rotatable bonds is 1. The first-order chi connectivity index (χ1) is 8.22. The van der Waals surface area contributed by atoms with E-state index in [2.05, 4.69) is 20.5 Å². The molecule has 0 bridgehead atoms. The van der Waals surface area contributed by atoms with Crippen molar-refractivity contribution in [2.45, 2.75) is 0 Å². The SMILES string of the molecule is CNC(=S)NNC(=O)c1nsc2ccccc12. The van der Waals surface area contributed by atoms with Crippen molar-refractivity contribution in [2.24, 2.45) is 0 Å². The lowest BCUT2D eigenvalue weighted by Gasteiger charge is -2.07. The normalized spacial score (nSPS) is 9.94. The maximum absolute atomic E-state index is 11.8. The number of nitrogens with zero attached hydrogens (tertiary/aromatic N) is 1. The van der Waals surface area contributed by atoms with Gasteiger partial charge in [-0.15, -0.1) is 0 Å². The van der Waals surface area contributed by atoms with E-state index in [1.165, 1.54) is 11.5 Å². The Morgan fingerprint density at radius 3 is 2.88 bits per heavy atom. The zero-order valence-corrected chi connectivity index (χ0v) is 10.6. The van der Waals surface area contributed by atoms with E-state index in [9.17, 15) is 4.79 Å². The quantitative estimate of drug-likeness (QED) is 0.531. The van der Waals surface area contributed by atoms with Crippen LogP contribution in [0.4, 0.5) is 0 Å². The van der Waals surface area contributed by atoms with Crippen LogP contribution in [0.15, 0.2) is 24.3 Å². The van der Waals surface area contributed by atoms with Crippen LogP contribution in [0, 0.1) is 0 Å². The van der Waals surface area contributed by atoms with Gasteiger partial charge < -0.3 is 5.32 Å². The Bertz CT molecular complexity index is 566. The molecule has 1 amide bonds. The fourth-order valence-corrected chi connectivity index (χ4v) is 2.11. The largest absolute Gasteiger partial charge is 0.364 e. The summed E-state index contributed by atoms with van der Waals surface area (Å²) in [4.78, 5) is 11.8. The highest BCUT2D eigenvalue weighted by atomic mass is 32.1. The van der Waals surface area contributed by atoms with Gasteiger partial charge in [-0.25, -0.2) is 0 Å². The average Bonchev–Trinajstić information content (AvgIpc) is 2.79. The van der Waals surface area contributed by atoms with Crippen molar-refractivity contribution >= 4 is 44.9 Å². The number of amides is 1. The van der Waals surface area contributed by atoms with Gasteiger partial charge in [-0.1, -0.05) is 18.2 Å². The van der Waals surface area contributed by atoms with Crippen molar-refractivity contribution in [3.63, 3.8) is 0 Å². The Balaban J connectivity index is 2.17. The number of fused-ring (bicyclic) bond motifs is 1. The highest BCUT2D eigenvalue weighted by Gasteiger charge is 2.13. The molecule has 0 aliphatic carbocycles. The van der Waals surface area contributed by atoms with Crippen molar-refractivity contribution < 1.29 is 4.79 Å². The maximum atomic E-state index is 11.8. The zero-order chi connectivity index (χ0) is 12.3. The predicted molar refractivity (Wildman–Crippen MR) is 71.9 cm³/mol. The first-order valence-electron chi connectivity index (χ1n) is 4.85. The minimum absolute atomic E-state index is 0.306. The molecule has 2 rings (SSSR count). The Hall–Kier alpha value is -1.73. The zero-order valence-electron chi connectivity index (χ0n) is 8.98. The summed E-state index contributed by atoms with van der Waals surface area (Å²) in [5, 5.41) is 3.88. The number of carbonyl (C=O) groups is 1. The molecule has 0 unspecified atom stereocenters. The van der Waals surface area contributed by atoms with Crippen molar-refractivity contribution in [3.05, 3.63) is 30.0 Å². The molecule has 0 saturated carbocycles. The third-order valence-corrected chi connectivity index (χ3v) is 3.24. The van der Waals surface area contributed by atoms with E-state index in [-0.39, 0.29) is 5.91 Å². The van der Waals surface area contributed by atoms with Gasteiger partial charge in [0, 0.05) is 12.4 Å². The lowest BCUT2D eigenvalue weighted by Crippen LogP contribution is -2.45. The lowest BCUT2D eigenvalue weighted by molar-refractivity contribution is 0.0941. The molecule has 0 spiro atoms. The molecule has 1 aromatic carbocycles. The van der Waals surface area contributed by atoms with Gasteiger partial charge in [0.05, 0.1) is 4.70 Å². The molecule has 7 heteroatoms. The monoisotopic (exact) mass is 266 g/mol. The summed E-state index contributed by atoms with van der Waals surface area (Å²) >= 11 is 6.14. The van der Waals surface area contributed by atoms with Crippen molar-refractivity contribution in [1.29, 1.82) is 0 Å². The third kappa shape index (κ3) is 2.51. The summed E-state index contributed by atoms with van der Waals surface area (Å²) in [7, 11) is 1.67. The first kappa shape index (κ1) is 11.7. The van der Waals surface area contributed by atoms with Gasteiger partial charge in [0.1, 0.15) is 0 Å². The molecular weight excluding hydrogens is 256 g/mol. The van der Waals surface area contributed by atoms with E-state index in [4.69, 9.17) is 12.2 Å². The van der Waals surface area contributed by atoms with Crippen LogP contribution in [0.2, 0.25) is 0 Å². The van der Waals surface area contributed by atoms with Crippen molar-refractivity contribution in [1.82, 2.24) is 20.5 Å². The van der Waals surface area contributed by atoms with Gasteiger partial charge >= 0.3 is 0 Å². The van der Waals surface area contributed by atoms with Crippen LogP contribution in [0.3, 0.4) is 0 Å². The average molecular weight is 266 g/mol. The fourth-order valence-electron chi connectivity index (χ4n) is 1.28. The standard InChI is InChI=1S/C10H10N4OS2/c1-11-10(16)13-12-9(15)8-6-4-2-3-5-7(6)17-14-8/h2-5H,1H3,(H,12,15)(H2,11,13,16). The molecule has 0 fully saturated rings. The first-order valence-corrected chi connectivity index (χ1v) is 6.03. The number of hydrogen-bond acceptors (Lipinski definition) is 4. The summed E-state index contributed by atoms with van der Waals surface area (Å²) in [6, 6.07) is 7.58. The second-order valence-electron chi connectivity index (χ2n) is 3.19. The highest BCUT2D eigenvalue weighted by molar-refractivity contribution is 7.80. The van der Waals surface area contributed by atoms with E-state index in [0.717, 1.165) is 10.1 Å². The number of hydrogen-bond donors (Lipinski definition) is 3. The van der Waals surface area contributed by atoms with Gasteiger partial charge in [-0.2, -0.15) is 4.37 Å². The smallest absolute Gasteiger partial charge is 0.290 e. The minimum Gasteiger partial charge on any atom is -0.364 e. The summed E-state index contributed by atoms with van der Waals surface area (Å²) < 4.78 is 5.11. The molecule has 17 heavy (non-hydrogen) atoms. The summed E-state index contributed by atoms with van der Waals surface area (Å²) in [5.41, 5.74) is 5.45. The van der Waals surface area contributed by atoms with Crippen LogP contribution < -0.4 is 16.2 Å². The van der Waals surface area contributed by atoms with Crippen LogP contribution in [0.1, 0.15) is 10.5 Å². The second-order valence-corrected chi connectivity index (χ2v) is 4.40. The van der Waals surface area contributed by atoms with Gasteiger partial charge in [0.2, 0.25) is 0 Å². The molecule has 3 N–H and O–H groups in total. The van der Waals surface area contributed by atoms with Crippen LogP contribution in [0.25, 0.3) is 10.1 Å². The van der Waals surface area contributed by atoms with E-state index in [1.54, 1.807) is 7.05 Å². The molecular formula is C10H10N4OS2. The number of benzene rings is 1. The highest BCUT2D eigenvalue weighted by Crippen LogP contribution is 2.21. The number of nitrogens with one attached hydrogen (secondary N) is 3. The van der Waals surface area contributed by atoms with Crippen LogP contribution in [0.5, 0.6) is 0 Å². The van der Waals surface area contributed by atoms with E-state index >= 15 is 0 Å². The predicted octanol–water partition coefficient (Wildman–Crippen LogP) is 1.03. The maximum Gasteiger partial charge on any atom is 0.290 e. The molecule has 0 atom stereocenters. The summed E-state index contributed by atoms with van der Waals surface area (Å²) in [6.07, 6.45) is 0. The third-order valence-electron chi connectivity index (χ3n) is 2.11. The molecule has 0 saturated heterocycles. The topological polar surface area (TPSA) is 66.0 Å². The second kappa shape index (κ2) is 5.07. The molecule has 1 aromatic heterocycles. The van der Waals surface area contributed by atoms with Gasteiger partial charge in [0.15, 0.2) is 10.8 Å². The fraction of sp³-hybridized carbons (Fsp3) is 0.100. The molecule has 0 aliphatic rings. The summed E-state index contributed by atoms with van der Waals surface area (Å²) in [6.45, 7) is 0. The molecule has 5 nitrogen and oxygen atoms in total. The van der Waals surface area contributed by atoms with Gasteiger partial charge in [0.25, 0.3) is 5.91 Å². The van der Waals surface area contributed by atoms with E-state index in [1.807, 2.05) is 24.3 Å². The van der Waals surface area contributed by atoms with Crippen LogP contribution in [-0.4, -0.2) is 22.4 Å². The molecule has 88 valence electrons. The van der Waals surface area contributed by atoms with Crippen molar-refractivity contribution in [3.8, 4) is 0 Å². The van der Waals surface area contributed by atoms with E-state index in [0.29, 0.717) is 10.8 Å². The Labute approximate surface area is 107 Å². The summed E-state index contributed by atoms with van der Waals surface area (Å²) in [5.74, 6) is -0.306. The van der Waals surface area contributed by atoms with Gasteiger partial charge in [-0.3, -0.25) is 15.6 Å². The van der Waals surface area contributed by atoms with Gasteiger partial charge in [-0.05, 0) is 29.8 Å². The molecule has 2 aromatic rings. The van der Waals surface area contributed by atoms with Crippen molar-refractivity contribution in [2.75, 3.05) is 7.05 Å². The molecule has 1 heterocycles.